The first-order valence-electron chi connectivity index (χ1n) is 8.46. The van der Waals surface area contributed by atoms with Crippen molar-refractivity contribution < 1.29 is 22.3 Å². The van der Waals surface area contributed by atoms with Gasteiger partial charge in [-0.1, -0.05) is 19.1 Å². The first kappa shape index (κ1) is 21.0. The van der Waals surface area contributed by atoms with Crippen LogP contribution in [0.25, 0.3) is 0 Å². The van der Waals surface area contributed by atoms with Crippen LogP contribution in [0, 0.1) is 11.7 Å². The summed E-state index contributed by atoms with van der Waals surface area (Å²) in [4.78, 5) is 12.4. The molecule has 1 atom stereocenters. The number of carbonyl (C=O) groups excluding carboxylic acids is 1. The van der Waals surface area contributed by atoms with Crippen LogP contribution in [-0.2, 0) is 26.0 Å². The van der Waals surface area contributed by atoms with Crippen molar-refractivity contribution in [1.82, 2.24) is 4.72 Å². The molecule has 0 saturated heterocycles. The first-order valence-corrected chi connectivity index (χ1v) is 9.94. The number of carbonyl (C=O) groups is 1. The minimum Gasteiger partial charge on any atom is -0.383 e. The molecule has 0 bridgehead atoms. The molecule has 1 unspecified atom stereocenters. The summed E-state index contributed by atoms with van der Waals surface area (Å²) in [5, 5.41) is 2.74. The van der Waals surface area contributed by atoms with E-state index in [1.54, 1.807) is 19.1 Å². The van der Waals surface area contributed by atoms with Gasteiger partial charge in [0.05, 0.1) is 11.5 Å². The molecule has 0 radical (unpaired) electrons. The SMILES string of the molecule is COCCNS(=O)(=O)c1ccc(NC(=O)C(C)Cc2cccc(F)c2)cc1. The topological polar surface area (TPSA) is 84.5 Å². The van der Waals surface area contributed by atoms with Crippen LogP contribution in [-0.4, -0.2) is 34.6 Å². The summed E-state index contributed by atoms with van der Waals surface area (Å²) in [7, 11) is -2.13. The van der Waals surface area contributed by atoms with Crippen molar-refractivity contribution in [1.29, 1.82) is 0 Å². The van der Waals surface area contributed by atoms with E-state index in [1.165, 1.54) is 43.5 Å². The molecule has 0 saturated carbocycles. The summed E-state index contributed by atoms with van der Waals surface area (Å²) in [5.74, 6) is -0.935. The van der Waals surface area contributed by atoms with Gasteiger partial charge in [-0.2, -0.15) is 0 Å². The standard InChI is InChI=1S/C19H23FN2O4S/c1-14(12-15-4-3-5-16(20)13-15)19(23)22-17-6-8-18(9-7-17)27(24,25)21-10-11-26-2/h3-9,13-14,21H,10-12H2,1-2H3,(H,22,23). The summed E-state index contributed by atoms with van der Waals surface area (Å²) in [5.41, 5.74) is 1.23. The van der Waals surface area contributed by atoms with Crippen LogP contribution in [0.2, 0.25) is 0 Å². The number of anilines is 1. The van der Waals surface area contributed by atoms with E-state index in [4.69, 9.17) is 4.74 Å². The molecule has 146 valence electrons. The molecule has 0 heterocycles. The van der Waals surface area contributed by atoms with Crippen LogP contribution in [0.15, 0.2) is 53.4 Å². The van der Waals surface area contributed by atoms with Crippen LogP contribution >= 0.6 is 0 Å². The molecule has 1 amide bonds. The van der Waals surface area contributed by atoms with Gasteiger partial charge in [0.15, 0.2) is 0 Å². The van der Waals surface area contributed by atoms with Crippen molar-refractivity contribution in [2.45, 2.75) is 18.2 Å². The van der Waals surface area contributed by atoms with Gasteiger partial charge in [0.2, 0.25) is 15.9 Å². The van der Waals surface area contributed by atoms with Crippen molar-refractivity contribution in [2.75, 3.05) is 25.6 Å². The molecule has 0 spiro atoms. The molecular formula is C19H23FN2O4S. The predicted octanol–water partition coefficient (Wildman–Crippen LogP) is 2.57. The quantitative estimate of drug-likeness (QED) is 0.640. The highest BCUT2D eigenvalue weighted by atomic mass is 32.2. The lowest BCUT2D eigenvalue weighted by atomic mass is 10.0. The van der Waals surface area contributed by atoms with E-state index in [0.717, 1.165) is 5.56 Å². The number of benzene rings is 2. The Hall–Kier alpha value is -2.29. The minimum absolute atomic E-state index is 0.101. The maximum Gasteiger partial charge on any atom is 0.240 e. The molecule has 2 rings (SSSR count). The Morgan fingerprint density at radius 3 is 2.52 bits per heavy atom. The summed E-state index contributed by atoms with van der Waals surface area (Å²) < 4.78 is 44.7. The van der Waals surface area contributed by atoms with Crippen LogP contribution < -0.4 is 10.0 Å². The fraction of sp³-hybridized carbons (Fsp3) is 0.316. The third kappa shape index (κ3) is 6.42. The smallest absolute Gasteiger partial charge is 0.240 e. The lowest BCUT2D eigenvalue weighted by Crippen LogP contribution is -2.27. The summed E-state index contributed by atoms with van der Waals surface area (Å²) in [6.07, 6.45) is 0.402. The largest absolute Gasteiger partial charge is 0.383 e. The van der Waals surface area contributed by atoms with E-state index in [2.05, 4.69) is 10.0 Å². The molecule has 8 heteroatoms. The maximum absolute atomic E-state index is 13.2. The zero-order valence-electron chi connectivity index (χ0n) is 15.2. The van der Waals surface area contributed by atoms with E-state index in [-0.39, 0.29) is 35.7 Å². The zero-order chi connectivity index (χ0) is 19.9. The summed E-state index contributed by atoms with van der Waals surface area (Å²) in [6, 6.07) is 12.0. The van der Waals surface area contributed by atoms with Gasteiger partial charge in [0.1, 0.15) is 5.82 Å². The number of ether oxygens (including phenoxy) is 1. The van der Waals surface area contributed by atoms with Crippen molar-refractivity contribution in [3.8, 4) is 0 Å². The van der Waals surface area contributed by atoms with Crippen LogP contribution in [0.4, 0.5) is 10.1 Å². The number of sulfonamides is 1. The minimum atomic E-state index is -3.62. The number of nitrogens with one attached hydrogen (secondary N) is 2. The van der Waals surface area contributed by atoms with Gasteiger partial charge in [-0.3, -0.25) is 4.79 Å². The number of amides is 1. The number of hydrogen-bond acceptors (Lipinski definition) is 4. The van der Waals surface area contributed by atoms with Gasteiger partial charge in [-0.05, 0) is 48.4 Å². The molecule has 2 aromatic carbocycles. The molecule has 0 aromatic heterocycles. The number of methoxy groups -OCH3 is 1. The average molecular weight is 394 g/mol. The first-order chi connectivity index (χ1) is 12.8. The van der Waals surface area contributed by atoms with Gasteiger partial charge in [-0.15, -0.1) is 0 Å². The fourth-order valence-electron chi connectivity index (χ4n) is 2.45. The summed E-state index contributed by atoms with van der Waals surface area (Å²) in [6.45, 7) is 2.20. The highest BCUT2D eigenvalue weighted by Crippen LogP contribution is 2.16. The second-order valence-corrected chi connectivity index (χ2v) is 7.91. The predicted molar refractivity (Wildman–Crippen MR) is 101 cm³/mol. The average Bonchev–Trinajstić information content (AvgIpc) is 2.62. The number of halogens is 1. The zero-order valence-corrected chi connectivity index (χ0v) is 16.1. The van der Waals surface area contributed by atoms with Crippen LogP contribution in [0.5, 0.6) is 0 Å². The lowest BCUT2D eigenvalue weighted by molar-refractivity contribution is -0.119. The Morgan fingerprint density at radius 1 is 1.19 bits per heavy atom. The highest BCUT2D eigenvalue weighted by molar-refractivity contribution is 7.89. The molecule has 0 fully saturated rings. The third-order valence-electron chi connectivity index (χ3n) is 3.91. The number of hydrogen-bond donors (Lipinski definition) is 2. The van der Waals surface area contributed by atoms with Gasteiger partial charge >= 0.3 is 0 Å². The van der Waals surface area contributed by atoms with E-state index < -0.39 is 10.0 Å². The molecule has 0 aliphatic carbocycles. The van der Waals surface area contributed by atoms with E-state index in [9.17, 15) is 17.6 Å². The van der Waals surface area contributed by atoms with Gasteiger partial charge in [0, 0.05) is 25.3 Å². The van der Waals surface area contributed by atoms with E-state index in [1.807, 2.05) is 0 Å². The van der Waals surface area contributed by atoms with Gasteiger partial charge < -0.3 is 10.1 Å². The van der Waals surface area contributed by atoms with Gasteiger partial charge in [0.25, 0.3) is 0 Å². The molecule has 0 aliphatic rings. The Morgan fingerprint density at radius 2 is 1.89 bits per heavy atom. The molecule has 27 heavy (non-hydrogen) atoms. The van der Waals surface area contributed by atoms with Gasteiger partial charge in [-0.25, -0.2) is 17.5 Å². The van der Waals surface area contributed by atoms with Crippen molar-refractivity contribution >= 4 is 21.6 Å². The lowest BCUT2D eigenvalue weighted by Gasteiger charge is -2.13. The Labute approximate surface area is 158 Å². The Kier molecular flexibility index (Phi) is 7.46. The second-order valence-electron chi connectivity index (χ2n) is 6.14. The van der Waals surface area contributed by atoms with Crippen molar-refractivity contribution in [3.63, 3.8) is 0 Å². The van der Waals surface area contributed by atoms with Crippen molar-refractivity contribution in [3.05, 3.63) is 59.9 Å². The monoisotopic (exact) mass is 394 g/mol. The summed E-state index contributed by atoms with van der Waals surface area (Å²) >= 11 is 0. The highest BCUT2D eigenvalue weighted by Gasteiger charge is 2.16. The molecule has 6 nitrogen and oxygen atoms in total. The Balaban J connectivity index is 1.96. The van der Waals surface area contributed by atoms with E-state index >= 15 is 0 Å². The molecular weight excluding hydrogens is 371 g/mol. The van der Waals surface area contributed by atoms with Crippen LogP contribution in [0.3, 0.4) is 0 Å². The number of rotatable bonds is 9. The Bertz CT molecular complexity index is 870. The van der Waals surface area contributed by atoms with E-state index in [0.29, 0.717) is 12.1 Å². The molecule has 0 aliphatic heterocycles. The van der Waals surface area contributed by atoms with Crippen LogP contribution in [0.1, 0.15) is 12.5 Å². The molecule has 2 N–H and O–H groups in total. The third-order valence-corrected chi connectivity index (χ3v) is 5.39. The second kappa shape index (κ2) is 9.59. The molecule has 2 aromatic rings. The normalized spacial score (nSPS) is 12.6. The maximum atomic E-state index is 13.2. The fourth-order valence-corrected chi connectivity index (χ4v) is 3.47. The van der Waals surface area contributed by atoms with Crippen molar-refractivity contribution in [2.24, 2.45) is 5.92 Å².